The minimum absolute atomic E-state index is 0.451. The second-order valence-electron chi connectivity index (χ2n) is 5.84. The molecule has 0 atom stereocenters. The van der Waals surface area contributed by atoms with Gasteiger partial charge in [0, 0.05) is 15.6 Å². The van der Waals surface area contributed by atoms with E-state index in [4.69, 9.17) is 10.3 Å². The van der Waals surface area contributed by atoms with Gasteiger partial charge in [0.1, 0.15) is 0 Å². The van der Waals surface area contributed by atoms with Crippen molar-refractivity contribution in [1.29, 1.82) is 0 Å². The van der Waals surface area contributed by atoms with Crippen molar-refractivity contribution >= 4 is 27.7 Å². The van der Waals surface area contributed by atoms with Gasteiger partial charge in [0.05, 0.1) is 5.75 Å². The Balaban J connectivity index is 1.46. The maximum Gasteiger partial charge on any atom is 0.247 e. The van der Waals surface area contributed by atoms with E-state index in [1.807, 2.05) is 55.5 Å². The number of nitrogens with two attached hydrogens (primary N) is 1. The van der Waals surface area contributed by atoms with Gasteiger partial charge >= 0.3 is 0 Å². The van der Waals surface area contributed by atoms with Crippen molar-refractivity contribution < 1.29 is 4.42 Å². The fourth-order valence-electron chi connectivity index (χ4n) is 2.42. The number of thioether (sulfide) groups is 1. The molecule has 0 amide bonds. The number of aryl methyl sites for hydroxylation is 1. The van der Waals surface area contributed by atoms with Crippen LogP contribution >= 0.6 is 27.7 Å². The molecule has 0 aliphatic heterocycles. The van der Waals surface area contributed by atoms with Crippen molar-refractivity contribution in [2.75, 3.05) is 5.84 Å². The predicted octanol–water partition coefficient (Wildman–Crippen LogP) is 4.07. The molecule has 0 aliphatic carbocycles. The molecule has 2 N–H and O–H groups in total. The third kappa shape index (κ3) is 3.88. The van der Waals surface area contributed by atoms with Crippen molar-refractivity contribution in [3.8, 4) is 22.8 Å². The number of rotatable bonds is 5. The highest BCUT2D eigenvalue weighted by Crippen LogP contribution is 2.26. The Morgan fingerprint density at radius 2 is 1.67 bits per heavy atom. The summed E-state index contributed by atoms with van der Waals surface area (Å²) in [5, 5.41) is 17.1. The van der Waals surface area contributed by atoms with E-state index in [1.165, 1.54) is 22.0 Å². The molecule has 2 heterocycles. The number of hydrogen-bond donors (Lipinski definition) is 1. The third-order valence-electron chi connectivity index (χ3n) is 3.86. The third-order valence-corrected chi connectivity index (χ3v) is 5.31. The fourth-order valence-corrected chi connectivity index (χ4v) is 3.38. The average molecular weight is 443 g/mol. The van der Waals surface area contributed by atoms with E-state index >= 15 is 0 Å². The highest BCUT2D eigenvalue weighted by atomic mass is 79.9. The first-order valence-corrected chi connectivity index (χ1v) is 9.86. The van der Waals surface area contributed by atoms with Crippen molar-refractivity contribution in [1.82, 2.24) is 25.1 Å². The summed E-state index contributed by atoms with van der Waals surface area (Å²) in [5.74, 6) is 8.19. The first-order chi connectivity index (χ1) is 13.1. The molecule has 4 rings (SSSR count). The molecule has 0 unspecified atom stereocenters. The van der Waals surface area contributed by atoms with Crippen LogP contribution in [0.5, 0.6) is 0 Å². The molecule has 0 radical (unpaired) electrons. The van der Waals surface area contributed by atoms with E-state index in [-0.39, 0.29) is 0 Å². The summed E-state index contributed by atoms with van der Waals surface area (Å²) in [5.41, 5.74) is 2.96. The Hall–Kier alpha value is -2.65. The Kier molecular flexibility index (Phi) is 4.95. The molecule has 0 saturated carbocycles. The lowest BCUT2D eigenvalue weighted by Crippen LogP contribution is -2.11. The van der Waals surface area contributed by atoms with Crippen LogP contribution in [0.1, 0.15) is 11.5 Å². The van der Waals surface area contributed by atoms with Gasteiger partial charge in [-0.05, 0) is 31.2 Å². The largest absolute Gasteiger partial charge is 0.420 e. The molecule has 27 heavy (non-hydrogen) atoms. The Morgan fingerprint density at radius 3 is 2.41 bits per heavy atom. The molecule has 0 fully saturated rings. The summed E-state index contributed by atoms with van der Waals surface area (Å²) in [7, 11) is 0. The van der Waals surface area contributed by atoms with E-state index in [1.54, 1.807) is 0 Å². The summed E-state index contributed by atoms with van der Waals surface area (Å²) in [4.78, 5) is 0. The first kappa shape index (κ1) is 17.7. The van der Waals surface area contributed by atoms with Crippen LogP contribution in [0, 0.1) is 6.92 Å². The van der Waals surface area contributed by atoms with Gasteiger partial charge in [-0.3, -0.25) is 0 Å². The van der Waals surface area contributed by atoms with Gasteiger partial charge in [0.25, 0.3) is 0 Å². The lowest BCUT2D eigenvalue weighted by Gasteiger charge is -2.03. The zero-order valence-corrected chi connectivity index (χ0v) is 16.7. The standard InChI is InChI=1S/C18H15BrN6OS/c1-11-2-4-12(5-3-11)16-22-24-18(25(16)20)27-10-15-21-23-17(26-15)13-6-8-14(19)9-7-13/h2-9H,10,20H2,1H3. The van der Waals surface area contributed by atoms with E-state index in [0.29, 0.717) is 28.5 Å². The monoisotopic (exact) mass is 442 g/mol. The summed E-state index contributed by atoms with van der Waals surface area (Å²) in [6, 6.07) is 15.7. The number of hydrogen-bond acceptors (Lipinski definition) is 7. The van der Waals surface area contributed by atoms with Crippen molar-refractivity contribution in [2.24, 2.45) is 0 Å². The van der Waals surface area contributed by atoms with Crippen LogP contribution in [-0.4, -0.2) is 25.1 Å². The van der Waals surface area contributed by atoms with Crippen LogP contribution in [0.3, 0.4) is 0 Å². The molecule has 4 aromatic rings. The predicted molar refractivity (Wildman–Crippen MR) is 107 cm³/mol. The average Bonchev–Trinajstić information content (AvgIpc) is 3.28. The van der Waals surface area contributed by atoms with Crippen LogP contribution in [0.4, 0.5) is 0 Å². The van der Waals surface area contributed by atoms with Crippen molar-refractivity contribution in [3.63, 3.8) is 0 Å². The number of nitrogen functional groups attached to an aromatic ring is 1. The second kappa shape index (κ2) is 7.53. The Morgan fingerprint density at radius 1 is 0.963 bits per heavy atom. The van der Waals surface area contributed by atoms with Gasteiger partial charge in [-0.15, -0.1) is 20.4 Å². The molecule has 0 aliphatic rings. The van der Waals surface area contributed by atoms with E-state index < -0.39 is 0 Å². The quantitative estimate of drug-likeness (QED) is 0.367. The number of aromatic nitrogens is 5. The highest BCUT2D eigenvalue weighted by Gasteiger charge is 2.14. The second-order valence-corrected chi connectivity index (χ2v) is 7.70. The number of nitrogens with zero attached hydrogens (tertiary/aromatic N) is 5. The van der Waals surface area contributed by atoms with Gasteiger partial charge in [-0.25, -0.2) is 4.68 Å². The van der Waals surface area contributed by atoms with Gasteiger partial charge in [0.15, 0.2) is 5.82 Å². The summed E-state index contributed by atoms with van der Waals surface area (Å²) < 4.78 is 8.19. The topological polar surface area (TPSA) is 95.6 Å². The van der Waals surface area contributed by atoms with Gasteiger partial charge in [-0.1, -0.05) is 57.5 Å². The van der Waals surface area contributed by atoms with Crippen LogP contribution in [-0.2, 0) is 5.75 Å². The van der Waals surface area contributed by atoms with Gasteiger partial charge < -0.3 is 10.3 Å². The molecule has 0 saturated heterocycles. The van der Waals surface area contributed by atoms with E-state index in [2.05, 4.69) is 36.3 Å². The molecular weight excluding hydrogens is 428 g/mol. The molecule has 2 aromatic carbocycles. The molecule has 0 spiro atoms. The lowest BCUT2D eigenvalue weighted by atomic mass is 10.1. The summed E-state index contributed by atoms with van der Waals surface area (Å²) in [6.45, 7) is 2.03. The molecule has 136 valence electrons. The van der Waals surface area contributed by atoms with E-state index in [0.717, 1.165) is 15.6 Å². The Bertz CT molecular complexity index is 1060. The van der Waals surface area contributed by atoms with E-state index in [9.17, 15) is 0 Å². The fraction of sp³-hybridized carbons (Fsp3) is 0.111. The highest BCUT2D eigenvalue weighted by molar-refractivity contribution is 9.10. The zero-order valence-electron chi connectivity index (χ0n) is 14.3. The number of benzene rings is 2. The minimum Gasteiger partial charge on any atom is -0.420 e. The van der Waals surface area contributed by atoms with Crippen molar-refractivity contribution in [3.05, 3.63) is 64.5 Å². The molecule has 9 heteroatoms. The first-order valence-electron chi connectivity index (χ1n) is 8.09. The van der Waals surface area contributed by atoms with Gasteiger partial charge in [-0.2, -0.15) is 0 Å². The van der Waals surface area contributed by atoms with Crippen LogP contribution in [0.2, 0.25) is 0 Å². The lowest BCUT2D eigenvalue weighted by molar-refractivity contribution is 0.528. The smallest absolute Gasteiger partial charge is 0.247 e. The summed E-state index contributed by atoms with van der Waals surface area (Å²) >= 11 is 4.80. The number of halogens is 1. The van der Waals surface area contributed by atoms with Crippen LogP contribution < -0.4 is 5.84 Å². The molecule has 0 bridgehead atoms. The SMILES string of the molecule is Cc1ccc(-c2nnc(SCc3nnc(-c4ccc(Br)cc4)o3)n2N)cc1. The normalized spacial score (nSPS) is 11.0. The van der Waals surface area contributed by atoms with Crippen LogP contribution in [0.15, 0.2) is 62.6 Å². The maximum atomic E-state index is 6.15. The summed E-state index contributed by atoms with van der Waals surface area (Å²) in [6.07, 6.45) is 0. The molecular formula is C18H15BrN6OS. The molecule has 2 aromatic heterocycles. The van der Waals surface area contributed by atoms with Crippen molar-refractivity contribution in [2.45, 2.75) is 17.8 Å². The molecule has 7 nitrogen and oxygen atoms in total. The zero-order chi connectivity index (χ0) is 18.8. The maximum absolute atomic E-state index is 6.15. The van der Waals surface area contributed by atoms with Gasteiger partial charge in [0.2, 0.25) is 16.9 Å². The minimum atomic E-state index is 0.451. The van der Waals surface area contributed by atoms with Crippen LogP contribution in [0.25, 0.3) is 22.8 Å². The Labute approximate surface area is 168 Å².